The molecule has 1 aliphatic rings. The normalized spacial score (nSPS) is 14.5. The average Bonchev–Trinajstić information content (AvgIpc) is 3.20. The van der Waals surface area contributed by atoms with Crippen LogP contribution in [0.25, 0.3) is 11.1 Å². The summed E-state index contributed by atoms with van der Waals surface area (Å²) in [5, 5.41) is 0. The van der Waals surface area contributed by atoms with Gasteiger partial charge in [-0.3, -0.25) is 4.98 Å². The molecule has 0 bridgehead atoms. The van der Waals surface area contributed by atoms with Gasteiger partial charge in [-0.25, -0.2) is 4.79 Å². The van der Waals surface area contributed by atoms with E-state index in [1.807, 2.05) is 56.0 Å². The Morgan fingerprint density at radius 2 is 1.84 bits per heavy atom. The van der Waals surface area contributed by atoms with Gasteiger partial charge in [0.05, 0.1) is 19.0 Å². The smallest absolute Gasteiger partial charge is 0.410 e. The van der Waals surface area contributed by atoms with Gasteiger partial charge in [-0.2, -0.15) is 4.98 Å². The average molecular weight is 441 g/mol. The fraction of sp³-hybridized carbons (Fsp3) is 0.435. The molecule has 3 heterocycles. The molecule has 170 valence electrons. The van der Waals surface area contributed by atoms with Gasteiger partial charge in [0.2, 0.25) is 0 Å². The fourth-order valence-electron chi connectivity index (χ4n) is 3.30. The van der Waals surface area contributed by atoms with Gasteiger partial charge >= 0.3 is 6.09 Å². The number of rotatable bonds is 5. The standard InChI is InChI=1S/C23H28N4O5/c1-23(2,3)32-22(28)27-11-9-26(10-12-27)21-25-19-13-17(7-8-20(19)31-21)30-15-16-5-6-18(29-4)14-24-16/h5-8,13-14H,9-12,15H2,1-4H3. The molecule has 0 saturated carbocycles. The van der Waals surface area contributed by atoms with Crippen LogP contribution >= 0.6 is 0 Å². The molecule has 0 atom stereocenters. The van der Waals surface area contributed by atoms with Crippen molar-refractivity contribution in [1.82, 2.24) is 14.9 Å². The molecule has 1 aliphatic heterocycles. The molecule has 3 aromatic rings. The number of anilines is 1. The van der Waals surface area contributed by atoms with E-state index in [2.05, 4.69) is 9.97 Å². The Balaban J connectivity index is 1.36. The highest BCUT2D eigenvalue weighted by Gasteiger charge is 2.27. The maximum Gasteiger partial charge on any atom is 0.410 e. The van der Waals surface area contributed by atoms with Crippen molar-refractivity contribution in [2.75, 3.05) is 38.2 Å². The summed E-state index contributed by atoms with van der Waals surface area (Å²) >= 11 is 0. The molecule has 32 heavy (non-hydrogen) atoms. The number of aromatic nitrogens is 2. The number of carbonyl (C=O) groups is 1. The molecular weight excluding hydrogens is 412 g/mol. The van der Waals surface area contributed by atoms with Gasteiger partial charge in [0.15, 0.2) is 5.58 Å². The van der Waals surface area contributed by atoms with Crippen molar-refractivity contribution in [3.8, 4) is 11.5 Å². The molecule has 0 N–H and O–H groups in total. The minimum Gasteiger partial charge on any atom is -0.495 e. The zero-order chi connectivity index (χ0) is 22.7. The lowest BCUT2D eigenvalue weighted by Crippen LogP contribution is -2.50. The van der Waals surface area contributed by atoms with E-state index < -0.39 is 5.60 Å². The van der Waals surface area contributed by atoms with Gasteiger partial charge in [-0.1, -0.05) is 0 Å². The number of amides is 1. The number of piperazine rings is 1. The molecule has 1 fully saturated rings. The molecule has 1 amide bonds. The summed E-state index contributed by atoms with van der Waals surface area (Å²) in [5.74, 6) is 1.39. The molecule has 9 heteroatoms. The lowest BCUT2D eigenvalue weighted by atomic mass is 10.2. The third kappa shape index (κ3) is 5.22. The van der Waals surface area contributed by atoms with E-state index in [-0.39, 0.29) is 6.09 Å². The molecular formula is C23H28N4O5. The van der Waals surface area contributed by atoms with Gasteiger partial charge in [-0.05, 0) is 45.0 Å². The minimum atomic E-state index is -0.502. The fourth-order valence-corrected chi connectivity index (χ4v) is 3.30. The Hall–Kier alpha value is -3.49. The van der Waals surface area contributed by atoms with E-state index in [0.717, 1.165) is 11.2 Å². The third-order valence-electron chi connectivity index (χ3n) is 4.97. The van der Waals surface area contributed by atoms with Crippen LogP contribution in [0.1, 0.15) is 26.5 Å². The first kappa shape index (κ1) is 21.7. The molecule has 4 rings (SSSR count). The number of ether oxygens (including phenoxy) is 3. The zero-order valence-electron chi connectivity index (χ0n) is 18.8. The topological polar surface area (TPSA) is 90.2 Å². The number of hydrogen-bond donors (Lipinski definition) is 0. The van der Waals surface area contributed by atoms with Gasteiger partial charge in [0.1, 0.15) is 29.2 Å². The largest absolute Gasteiger partial charge is 0.495 e. The van der Waals surface area contributed by atoms with Crippen molar-refractivity contribution in [2.45, 2.75) is 33.0 Å². The van der Waals surface area contributed by atoms with Gasteiger partial charge in [0.25, 0.3) is 6.01 Å². The minimum absolute atomic E-state index is 0.289. The van der Waals surface area contributed by atoms with Gasteiger partial charge in [0, 0.05) is 32.2 Å². The van der Waals surface area contributed by atoms with Gasteiger partial charge < -0.3 is 28.4 Å². The van der Waals surface area contributed by atoms with Crippen molar-refractivity contribution < 1.29 is 23.4 Å². The Labute approximate surface area is 186 Å². The first-order valence-electron chi connectivity index (χ1n) is 10.6. The van der Waals surface area contributed by atoms with E-state index in [9.17, 15) is 4.79 Å². The van der Waals surface area contributed by atoms with Crippen LogP contribution in [0.5, 0.6) is 11.5 Å². The Morgan fingerprint density at radius 1 is 1.09 bits per heavy atom. The van der Waals surface area contributed by atoms with E-state index in [1.54, 1.807) is 18.2 Å². The molecule has 9 nitrogen and oxygen atoms in total. The van der Waals surface area contributed by atoms with Crippen molar-refractivity contribution >= 4 is 23.2 Å². The second kappa shape index (κ2) is 8.94. The Kier molecular flexibility index (Phi) is 6.07. The molecule has 1 saturated heterocycles. The molecule has 2 aromatic heterocycles. The summed E-state index contributed by atoms with van der Waals surface area (Å²) in [4.78, 5) is 24.9. The van der Waals surface area contributed by atoms with Crippen LogP contribution in [-0.2, 0) is 11.3 Å². The van der Waals surface area contributed by atoms with Gasteiger partial charge in [-0.15, -0.1) is 0 Å². The lowest BCUT2D eigenvalue weighted by Gasteiger charge is -2.34. The SMILES string of the molecule is COc1ccc(COc2ccc3oc(N4CCN(C(=O)OC(C)(C)C)CC4)nc3c2)nc1. The predicted molar refractivity (Wildman–Crippen MR) is 119 cm³/mol. The van der Waals surface area contributed by atoms with E-state index in [0.29, 0.717) is 55.9 Å². The van der Waals surface area contributed by atoms with Crippen molar-refractivity contribution in [3.05, 3.63) is 42.2 Å². The maximum absolute atomic E-state index is 12.3. The number of hydrogen-bond acceptors (Lipinski definition) is 8. The highest BCUT2D eigenvalue weighted by atomic mass is 16.6. The molecule has 0 unspecified atom stereocenters. The van der Waals surface area contributed by atoms with Crippen LogP contribution in [-0.4, -0.2) is 59.9 Å². The van der Waals surface area contributed by atoms with Crippen LogP contribution in [0.2, 0.25) is 0 Å². The Bertz CT molecular complexity index is 1070. The van der Waals surface area contributed by atoms with Crippen LogP contribution in [0, 0.1) is 0 Å². The first-order valence-corrected chi connectivity index (χ1v) is 10.6. The van der Waals surface area contributed by atoms with E-state index in [1.165, 1.54) is 0 Å². The zero-order valence-corrected chi connectivity index (χ0v) is 18.8. The second-order valence-corrected chi connectivity index (χ2v) is 8.56. The highest BCUT2D eigenvalue weighted by molar-refractivity contribution is 5.76. The number of carbonyl (C=O) groups excluding carboxylic acids is 1. The number of oxazole rings is 1. The van der Waals surface area contributed by atoms with Crippen LogP contribution < -0.4 is 14.4 Å². The van der Waals surface area contributed by atoms with Crippen molar-refractivity contribution in [2.24, 2.45) is 0 Å². The van der Waals surface area contributed by atoms with Crippen molar-refractivity contribution in [3.63, 3.8) is 0 Å². The molecule has 1 aromatic carbocycles. The predicted octanol–water partition coefficient (Wildman–Crippen LogP) is 3.87. The first-order chi connectivity index (χ1) is 15.3. The number of nitrogens with zero attached hydrogens (tertiary/aromatic N) is 4. The number of benzene rings is 1. The highest BCUT2D eigenvalue weighted by Crippen LogP contribution is 2.27. The molecule has 0 aliphatic carbocycles. The van der Waals surface area contributed by atoms with E-state index in [4.69, 9.17) is 18.6 Å². The monoisotopic (exact) mass is 440 g/mol. The number of pyridine rings is 1. The van der Waals surface area contributed by atoms with Crippen molar-refractivity contribution in [1.29, 1.82) is 0 Å². The number of fused-ring (bicyclic) bond motifs is 1. The molecule has 0 radical (unpaired) electrons. The summed E-state index contributed by atoms with van der Waals surface area (Å²) in [7, 11) is 1.61. The summed E-state index contributed by atoms with van der Waals surface area (Å²) in [5.41, 5.74) is 1.70. The van der Waals surface area contributed by atoms with Crippen LogP contribution in [0.4, 0.5) is 10.8 Å². The summed E-state index contributed by atoms with van der Waals surface area (Å²) in [6, 6.07) is 9.80. The summed E-state index contributed by atoms with van der Waals surface area (Å²) in [6.07, 6.45) is 1.37. The Morgan fingerprint density at radius 3 is 2.50 bits per heavy atom. The number of methoxy groups -OCH3 is 1. The summed E-state index contributed by atoms with van der Waals surface area (Å²) < 4.78 is 22.3. The third-order valence-corrected chi connectivity index (χ3v) is 4.97. The lowest BCUT2D eigenvalue weighted by molar-refractivity contribution is 0.0239. The maximum atomic E-state index is 12.3. The van der Waals surface area contributed by atoms with Crippen LogP contribution in [0.15, 0.2) is 40.9 Å². The van der Waals surface area contributed by atoms with E-state index >= 15 is 0 Å². The summed E-state index contributed by atoms with van der Waals surface area (Å²) in [6.45, 7) is 8.29. The van der Waals surface area contributed by atoms with Crippen LogP contribution in [0.3, 0.4) is 0 Å². The second-order valence-electron chi connectivity index (χ2n) is 8.56. The molecule has 0 spiro atoms. The quantitative estimate of drug-likeness (QED) is 0.591.